The summed E-state index contributed by atoms with van der Waals surface area (Å²) in [6.07, 6.45) is 2.91. The second kappa shape index (κ2) is 7.42. The molecule has 0 aliphatic heterocycles. The number of fused-ring (bicyclic) bond motifs is 1. The van der Waals surface area contributed by atoms with Crippen LogP contribution in [0.1, 0.15) is 48.0 Å². The van der Waals surface area contributed by atoms with Gasteiger partial charge in [0.1, 0.15) is 0 Å². The summed E-state index contributed by atoms with van der Waals surface area (Å²) in [4.78, 5) is 11.5. The Hall–Kier alpha value is -0.860. The Morgan fingerprint density at radius 1 is 1.31 bits per heavy atom. The highest BCUT2D eigenvalue weighted by molar-refractivity contribution is 5.98. The number of ketones is 1. The average Bonchev–Trinajstić information content (AvgIpc) is 2.33. The molecular formula is C13H20ClNO. The topological polar surface area (TPSA) is 43.1 Å². The lowest BCUT2D eigenvalue weighted by Gasteiger charge is -2.23. The first kappa shape index (κ1) is 15.1. The molecule has 0 saturated heterocycles. The summed E-state index contributed by atoms with van der Waals surface area (Å²) in [5, 5.41) is 0. The van der Waals surface area contributed by atoms with Crippen LogP contribution in [0, 0.1) is 0 Å². The van der Waals surface area contributed by atoms with Crippen molar-refractivity contribution in [3.63, 3.8) is 0 Å². The Morgan fingerprint density at radius 3 is 2.56 bits per heavy atom. The fourth-order valence-corrected chi connectivity index (χ4v) is 2.13. The first-order valence-corrected chi connectivity index (χ1v) is 5.52. The molecule has 0 spiro atoms. The summed E-state index contributed by atoms with van der Waals surface area (Å²) < 4.78 is 0. The molecule has 1 atom stereocenters. The Morgan fingerprint density at radius 2 is 1.94 bits per heavy atom. The standard InChI is InChI=1S/C12H14O.CH5N.ClH/c1-2-9-7-8-12(13)11-6-4-3-5-10(9)11;1-2;/h3-6,9H,2,7-8H2,1H3;2H2,1H3;1H. The van der Waals surface area contributed by atoms with Crippen molar-refractivity contribution >= 4 is 18.2 Å². The van der Waals surface area contributed by atoms with Crippen molar-refractivity contribution in [3.05, 3.63) is 35.4 Å². The van der Waals surface area contributed by atoms with Crippen LogP contribution in [-0.2, 0) is 0 Å². The van der Waals surface area contributed by atoms with Gasteiger partial charge in [-0.2, -0.15) is 0 Å². The number of Topliss-reactive ketones (excluding diaryl/α,β-unsaturated/α-hetero) is 1. The normalized spacial score (nSPS) is 17.7. The summed E-state index contributed by atoms with van der Waals surface area (Å²) >= 11 is 0. The van der Waals surface area contributed by atoms with E-state index < -0.39 is 0 Å². The zero-order chi connectivity index (χ0) is 11.3. The molecule has 1 unspecified atom stereocenters. The van der Waals surface area contributed by atoms with E-state index in [1.54, 1.807) is 0 Å². The molecule has 0 radical (unpaired) electrons. The Kier molecular flexibility index (Phi) is 7.02. The predicted molar refractivity (Wildman–Crippen MR) is 70.4 cm³/mol. The maximum atomic E-state index is 11.5. The minimum atomic E-state index is 0. The number of hydrogen-bond donors (Lipinski definition) is 1. The van der Waals surface area contributed by atoms with E-state index in [1.807, 2.05) is 18.2 Å². The fourth-order valence-electron chi connectivity index (χ4n) is 2.13. The van der Waals surface area contributed by atoms with Crippen LogP contribution in [-0.4, -0.2) is 12.8 Å². The van der Waals surface area contributed by atoms with Gasteiger partial charge >= 0.3 is 0 Å². The number of hydrogen-bond acceptors (Lipinski definition) is 2. The maximum Gasteiger partial charge on any atom is 0.163 e. The molecule has 1 aromatic carbocycles. The monoisotopic (exact) mass is 241 g/mol. The molecule has 1 aliphatic rings. The molecule has 0 fully saturated rings. The maximum absolute atomic E-state index is 11.5. The van der Waals surface area contributed by atoms with Crippen LogP contribution in [0.5, 0.6) is 0 Å². The van der Waals surface area contributed by atoms with Crippen LogP contribution in [0.25, 0.3) is 0 Å². The van der Waals surface area contributed by atoms with E-state index in [1.165, 1.54) is 12.6 Å². The molecule has 1 aliphatic carbocycles. The lowest BCUT2D eigenvalue weighted by molar-refractivity contribution is 0.0966. The van der Waals surface area contributed by atoms with E-state index in [0.717, 1.165) is 24.8 Å². The van der Waals surface area contributed by atoms with Gasteiger partial charge < -0.3 is 5.73 Å². The van der Waals surface area contributed by atoms with Crippen LogP contribution >= 0.6 is 12.4 Å². The molecule has 2 nitrogen and oxygen atoms in total. The lowest BCUT2D eigenvalue weighted by atomic mass is 9.81. The van der Waals surface area contributed by atoms with E-state index in [9.17, 15) is 4.79 Å². The SMILES string of the molecule is CCC1CCC(=O)c2ccccc21.CN.Cl. The summed E-state index contributed by atoms with van der Waals surface area (Å²) in [5.74, 6) is 0.925. The number of nitrogens with two attached hydrogens (primary N) is 1. The van der Waals surface area contributed by atoms with Crippen LogP contribution in [0.2, 0.25) is 0 Å². The molecule has 0 heterocycles. The van der Waals surface area contributed by atoms with Crippen molar-refractivity contribution < 1.29 is 4.79 Å². The van der Waals surface area contributed by atoms with Gasteiger partial charge in [-0.3, -0.25) is 4.79 Å². The molecule has 0 aromatic heterocycles. The minimum Gasteiger partial charge on any atom is -0.333 e. The molecule has 0 saturated carbocycles. The van der Waals surface area contributed by atoms with Crippen molar-refractivity contribution in [1.82, 2.24) is 0 Å². The molecular weight excluding hydrogens is 222 g/mol. The van der Waals surface area contributed by atoms with Crippen molar-refractivity contribution in [2.24, 2.45) is 5.73 Å². The fraction of sp³-hybridized carbons (Fsp3) is 0.462. The van der Waals surface area contributed by atoms with Gasteiger partial charge in [-0.05, 0) is 31.4 Å². The third kappa shape index (κ3) is 3.06. The molecule has 2 rings (SSSR count). The van der Waals surface area contributed by atoms with Crippen LogP contribution in [0.3, 0.4) is 0 Å². The molecule has 1 aromatic rings. The highest BCUT2D eigenvalue weighted by atomic mass is 35.5. The van der Waals surface area contributed by atoms with E-state index >= 15 is 0 Å². The summed E-state index contributed by atoms with van der Waals surface area (Å²) in [6, 6.07) is 8.04. The van der Waals surface area contributed by atoms with Gasteiger partial charge in [0.25, 0.3) is 0 Å². The lowest BCUT2D eigenvalue weighted by Crippen LogP contribution is -2.14. The van der Waals surface area contributed by atoms with Crippen LogP contribution < -0.4 is 5.73 Å². The van der Waals surface area contributed by atoms with E-state index in [4.69, 9.17) is 0 Å². The number of carbonyl (C=O) groups is 1. The number of carbonyl (C=O) groups excluding carboxylic acids is 1. The Bertz CT molecular complexity index is 338. The van der Waals surface area contributed by atoms with E-state index in [2.05, 4.69) is 18.7 Å². The second-order valence-electron chi connectivity index (χ2n) is 3.65. The highest BCUT2D eigenvalue weighted by Crippen LogP contribution is 2.33. The van der Waals surface area contributed by atoms with Crippen molar-refractivity contribution in [3.8, 4) is 0 Å². The summed E-state index contributed by atoms with van der Waals surface area (Å²) in [6.45, 7) is 2.19. The second-order valence-corrected chi connectivity index (χ2v) is 3.65. The quantitative estimate of drug-likeness (QED) is 0.821. The number of halogens is 1. The van der Waals surface area contributed by atoms with Gasteiger partial charge in [-0.25, -0.2) is 0 Å². The third-order valence-corrected chi connectivity index (χ3v) is 2.91. The van der Waals surface area contributed by atoms with Crippen molar-refractivity contribution in [2.45, 2.75) is 32.1 Å². The van der Waals surface area contributed by atoms with Crippen molar-refractivity contribution in [1.29, 1.82) is 0 Å². The molecule has 16 heavy (non-hydrogen) atoms. The molecule has 3 heteroatoms. The smallest absolute Gasteiger partial charge is 0.163 e. The Labute approximate surface area is 104 Å². The molecule has 0 amide bonds. The van der Waals surface area contributed by atoms with Crippen molar-refractivity contribution in [2.75, 3.05) is 7.05 Å². The van der Waals surface area contributed by atoms with Crippen LogP contribution in [0.15, 0.2) is 24.3 Å². The van der Waals surface area contributed by atoms with Gasteiger partial charge in [-0.1, -0.05) is 31.2 Å². The number of benzene rings is 1. The van der Waals surface area contributed by atoms with E-state index in [0.29, 0.717) is 11.7 Å². The Balaban J connectivity index is 0.000000711. The zero-order valence-electron chi connectivity index (χ0n) is 9.90. The van der Waals surface area contributed by atoms with Gasteiger partial charge in [-0.15, -0.1) is 12.4 Å². The van der Waals surface area contributed by atoms with Gasteiger partial charge in [0.2, 0.25) is 0 Å². The summed E-state index contributed by atoms with van der Waals surface area (Å²) in [5.41, 5.74) is 6.72. The third-order valence-electron chi connectivity index (χ3n) is 2.91. The predicted octanol–water partition coefficient (Wildman–Crippen LogP) is 3.15. The number of rotatable bonds is 1. The molecule has 0 bridgehead atoms. The van der Waals surface area contributed by atoms with Gasteiger partial charge in [0, 0.05) is 12.0 Å². The average molecular weight is 242 g/mol. The molecule has 2 N–H and O–H groups in total. The zero-order valence-corrected chi connectivity index (χ0v) is 10.7. The first-order chi connectivity index (χ1) is 7.33. The largest absolute Gasteiger partial charge is 0.333 e. The van der Waals surface area contributed by atoms with Crippen LogP contribution in [0.4, 0.5) is 0 Å². The minimum absolute atomic E-state index is 0. The highest BCUT2D eigenvalue weighted by Gasteiger charge is 2.23. The van der Waals surface area contributed by atoms with Gasteiger partial charge in [0.15, 0.2) is 5.78 Å². The van der Waals surface area contributed by atoms with E-state index in [-0.39, 0.29) is 12.4 Å². The van der Waals surface area contributed by atoms with Gasteiger partial charge in [0.05, 0.1) is 0 Å². The molecule has 90 valence electrons. The first-order valence-electron chi connectivity index (χ1n) is 5.52. The summed E-state index contributed by atoms with van der Waals surface area (Å²) in [7, 11) is 1.50.